The Morgan fingerprint density at radius 3 is 2.92 bits per heavy atom. The van der Waals surface area contributed by atoms with Crippen molar-refractivity contribution in [2.45, 2.75) is 6.92 Å². The molecule has 0 radical (unpaired) electrons. The Morgan fingerprint density at radius 2 is 2.15 bits per heavy atom. The van der Waals surface area contributed by atoms with Crippen molar-refractivity contribution in [3.8, 4) is 6.07 Å². The van der Waals surface area contributed by atoms with Gasteiger partial charge in [-0.05, 0) is 13.0 Å². The van der Waals surface area contributed by atoms with Crippen LogP contribution < -0.4 is 0 Å². The first kappa shape index (κ1) is 7.75. The fourth-order valence-corrected chi connectivity index (χ4v) is 1.55. The summed E-state index contributed by atoms with van der Waals surface area (Å²) in [5.74, 6) is 0. The van der Waals surface area contributed by atoms with E-state index in [4.69, 9.17) is 5.26 Å². The van der Waals surface area contributed by atoms with Crippen molar-refractivity contribution in [1.82, 2.24) is 0 Å². The van der Waals surface area contributed by atoms with Gasteiger partial charge in [-0.15, -0.1) is 0 Å². The maximum atomic E-state index is 8.56. The van der Waals surface area contributed by atoms with Crippen molar-refractivity contribution in [2.75, 3.05) is 0 Å². The highest BCUT2D eigenvalue weighted by atomic mass is 15.0. The van der Waals surface area contributed by atoms with Crippen LogP contribution in [0.3, 0.4) is 0 Å². The molecule has 2 nitrogen and oxygen atoms in total. The van der Waals surface area contributed by atoms with Gasteiger partial charge in [-0.2, -0.15) is 9.84 Å². The Kier molecular flexibility index (Phi) is 1.71. The fourth-order valence-electron chi connectivity index (χ4n) is 1.55. The lowest BCUT2D eigenvalue weighted by molar-refractivity contribution is -0.348. The largest absolute Gasteiger partial charge is 0.252 e. The van der Waals surface area contributed by atoms with Crippen LogP contribution >= 0.6 is 0 Å². The third-order valence-corrected chi connectivity index (χ3v) is 2.14. The van der Waals surface area contributed by atoms with Crippen molar-refractivity contribution < 1.29 is 4.58 Å². The van der Waals surface area contributed by atoms with Gasteiger partial charge in [0, 0.05) is 11.6 Å². The molecular weight excluding hydrogens is 160 g/mol. The second kappa shape index (κ2) is 2.87. The van der Waals surface area contributed by atoms with E-state index in [0.29, 0.717) is 0 Å². The van der Waals surface area contributed by atoms with Crippen molar-refractivity contribution in [3.05, 3.63) is 36.0 Å². The van der Waals surface area contributed by atoms with E-state index in [1.807, 2.05) is 42.0 Å². The quantitative estimate of drug-likeness (QED) is 0.547. The van der Waals surface area contributed by atoms with Gasteiger partial charge < -0.3 is 0 Å². The van der Waals surface area contributed by atoms with E-state index >= 15 is 0 Å². The van der Waals surface area contributed by atoms with Crippen LogP contribution in [0, 0.1) is 11.3 Å². The third-order valence-electron chi connectivity index (χ3n) is 2.14. The van der Waals surface area contributed by atoms with E-state index in [-0.39, 0.29) is 0 Å². The van der Waals surface area contributed by atoms with Crippen LogP contribution in [-0.4, -0.2) is 10.8 Å². The molecule has 2 rings (SSSR count). The van der Waals surface area contributed by atoms with E-state index in [9.17, 15) is 0 Å². The van der Waals surface area contributed by atoms with E-state index in [2.05, 4.69) is 6.07 Å². The summed E-state index contributed by atoms with van der Waals surface area (Å²) in [6.45, 7) is 2.05. The van der Waals surface area contributed by atoms with Crippen molar-refractivity contribution >= 4 is 17.5 Å². The van der Waals surface area contributed by atoms with Gasteiger partial charge in [0.25, 0.3) is 6.21 Å². The molecule has 13 heavy (non-hydrogen) atoms. The van der Waals surface area contributed by atoms with E-state index in [0.717, 1.165) is 5.69 Å². The molecule has 0 amide bonds. The zero-order valence-electron chi connectivity index (χ0n) is 7.36. The molecule has 1 aromatic carbocycles. The van der Waals surface area contributed by atoms with Gasteiger partial charge in [0.05, 0.1) is 5.56 Å². The van der Waals surface area contributed by atoms with Crippen molar-refractivity contribution in [2.24, 2.45) is 0 Å². The molecule has 0 saturated heterocycles. The Morgan fingerprint density at radius 1 is 1.38 bits per heavy atom. The molecule has 0 fully saturated rings. The highest BCUT2D eigenvalue weighted by Crippen LogP contribution is 2.31. The minimum atomic E-state index is 1.08. The van der Waals surface area contributed by atoms with Gasteiger partial charge in [-0.3, -0.25) is 0 Å². The molecule has 0 N–H and O–H groups in total. The normalized spacial score (nSPS) is 16.6. The zero-order chi connectivity index (χ0) is 9.26. The number of allylic oxidation sites excluding steroid dienone is 1. The predicted octanol–water partition coefficient (Wildman–Crippen LogP) is 2.30. The summed E-state index contributed by atoms with van der Waals surface area (Å²) < 4.78 is 1.85. The minimum absolute atomic E-state index is 1.08. The van der Waals surface area contributed by atoms with Crippen molar-refractivity contribution in [3.63, 3.8) is 0 Å². The lowest BCUT2D eigenvalue weighted by Gasteiger charge is -1.92. The smallest absolute Gasteiger partial charge is 0.187 e. The van der Waals surface area contributed by atoms with E-state index in [1.165, 1.54) is 17.4 Å². The maximum absolute atomic E-state index is 8.56. The van der Waals surface area contributed by atoms with E-state index < -0.39 is 0 Å². The number of nitriles is 1. The van der Waals surface area contributed by atoms with Gasteiger partial charge in [0.15, 0.2) is 12.3 Å². The number of fused-ring (bicyclic) bond motifs is 1. The molecule has 0 aromatic heterocycles. The summed E-state index contributed by atoms with van der Waals surface area (Å²) in [6.07, 6.45) is 3.48. The summed E-state index contributed by atoms with van der Waals surface area (Å²) in [6, 6.07) is 10.1. The second-order valence-electron chi connectivity index (χ2n) is 2.99. The molecule has 0 aliphatic carbocycles. The molecule has 1 aliphatic heterocycles. The summed E-state index contributed by atoms with van der Waals surface area (Å²) in [5, 5.41) is 8.56. The van der Waals surface area contributed by atoms with Gasteiger partial charge in [0.1, 0.15) is 0 Å². The maximum Gasteiger partial charge on any atom is 0.252 e. The summed E-state index contributed by atoms with van der Waals surface area (Å²) in [5.41, 5.74) is 3.48. The zero-order valence-corrected chi connectivity index (χ0v) is 7.36. The number of rotatable bonds is 0. The summed E-state index contributed by atoms with van der Waals surface area (Å²) >= 11 is 0. The molecule has 2 heteroatoms. The molecule has 62 valence electrons. The predicted molar refractivity (Wildman–Crippen MR) is 51.7 cm³/mol. The number of nitrogens with zero attached hydrogens (tertiary/aromatic N) is 2. The number of benzene rings is 1. The Hall–Kier alpha value is -1.88. The topological polar surface area (TPSA) is 26.8 Å². The number of hydrogen-bond donors (Lipinski definition) is 0. The van der Waals surface area contributed by atoms with Crippen LogP contribution in [0.1, 0.15) is 12.5 Å². The van der Waals surface area contributed by atoms with Crippen LogP contribution in [0.15, 0.2) is 30.5 Å². The highest BCUT2D eigenvalue weighted by Gasteiger charge is 2.21. The lowest BCUT2D eigenvalue weighted by atomic mass is 10.1. The summed E-state index contributed by atoms with van der Waals surface area (Å²) in [7, 11) is 0. The average Bonchev–Trinajstić information content (AvgIpc) is 2.46. The fraction of sp³-hybridized carbons (Fsp3) is 0.0909. The SMILES string of the molecule is CC1=C[N+](=CC#N)c2ccccc21. The first-order valence-electron chi connectivity index (χ1n) is 4.12. The van der Waals surface area contributed by atoms with Gasteiger partial charge in [-0.1, -0.05) is 12.1 Å². The number of para-hydroxylation sites is 1. The van der Waals surface area contributed by atoms with Gasteiger partial charge in [0.2, 0.25) is 5.69 Å². The van der Waals surface area contributed by atoms with Crippen LogP contribution in [0.2, 0.25) is 0 Å². The van der Waals surface area contributed by atoms with Gasteiger partial charge in [-0.25, -0.2) is 0 Å². The first-order valence-corrected chi connectivity index (χ1v) is 4.12. The van der Waals surface area contributed by atoms with Crippen LogP contribution in [0.25, 0.3) is 5.57 Å². The lowest BCUT2D eigenvalue weighted by Crippen LogP contribution is -1.92. The van der Waals surface area contributed by atoms with Crippen molar-refractivity contribution in [1.29, 1.82) is 5.26 Å². The minimum Gasteiger partial charge on any atom is -0.187 e. The molecule has 0 atom stereocenters. The summed E-state index contributed by atoms with van der Waals surface area (Å²) in [4.78, 5) is 0. The Labute approximate surface area is 77.1 Å². The van der Waals surface area contributed by atoms with E-state index in [1.54, 1.807) is 0 Å². The second-order valence-corrected chi connectivity index (χ2v) is 2.99. The van der Waals surface area contributed by atoms with Crippen LogP contribution in [-0.2, 0) is 0 Å². The standard InChI is InChI=1S/C11H9N2/c1-9-8-13(7-6-12)11-5-3-2-4-10(9)11/h2-5,7-8H,1H3/q+1. The molecular formula is C11H9N2+. The molecule has 0 saturated carbocycles. The average molecular weight is 169 g/mol. The van der Waals surface area contributed by atoms with Crippen LogP contribution in [0.5, 0.6) is 0 Å². The molecule has 1 aromatic rings. The molecule has 0 spiro atoms. The Balaban J connectivity index is 2.64. The Bertz CT molecular complexity index is 447. The van der Waals surface area contributed by atoms with Crippen LogP contribution in [0.4, 0.5) is 5.69 Å². The molecule has 1 heterocycles. The number of hydrogen-bond acceptors (Lipinski definition) is 1. The highest BCUT2D eigenvalue weighted by molar-refractivity contribution is 5.79. The molecule has 0 bridgehead atoms. The molecule has 0 unspecified atom stereocenters. The monoisotopic (exact) mass is 169 g/mol. The third kappa shape index (κ3) is 1.15. The first-order chi connectivity index (χ1) is 6.33. The van der Waals surface area contributed by atoms with Gasteiger partial charge >= 0.3 is 0 Å². The molecule has 1 aliphatic rings.